The lowest BCUT2D eigenvalue weighted by molar-refractivity contribution is 0.0945. The average molecular weight is 404 g/mol. The van der Waals surface area contributed by atoms with Gasteiger partial charge in [-0.1, -0.05) is 23.5 Å². The van der Waals surface area contributed by atoms with Gasteiger partial charge in [-0.25, -0.2) is 4.98 Å². The molecule has 150 valence electrons. The summed E-state index contributed by atoms with van der Waals surface area (Å²) in [7, 11) is 1.66. The van der Waals surface area contributed by atoms with E-state index in [1.807, 2.05) is 25.1 Å². The summed E-state index contributed by atoms with van der Waals surface area (Å²) >= 11 is 1.47. The molecule has 0 saturated carbocycles. The van der Waals surface area contributed by atoms with Gasteiger partial charge in [0.05, 0.1) is 24.6 Å². The molecule has 3 heterocycles. The van der Waals surface area contributed by atoms with Gasteiger partial charge in [0.15, 0.2) is 0 Å². The van der Waals surface area contributed by atoms with E-state index in [2.05, 4.69) is 25.9 Å². The molecule has 1 atom stereocenters. The molecule has 2 N–H and O–H groups in total. The van der Waals surface area contributed by atoms with Crippen molar-refractivity contribution in [3.8, 4) is 11.6 Å². The molecule has 4 rings (SSSR count). The Morgan fingerprint density at radius 2 is 2.04 bits per heavy atom. The lowest BCUT2D eigenvalue weighted by Gasteiger charge is -2.39. The fourth-order valence-corrected chi connectivity index (χ4v) is 4.92. The second-order valence-electron chi connectivity index (χ2n) is 6.92. The fourth-order valence-electron chi connectivity index (χ4n) is 3.75. The van der Waals surface area contributed by atoms with Crippen molar-refractivity contribution in [1.29, 1.82) is 0 Å². The number of ether oxygens (including phenoxy) is 1. The van der Waals surface area contributed by atoms with Gasteiger partial charge < -0.3 is 14.9 Å². The standard InChI is InChI=1S/C19H25N5O3S/c1-13-20-19-24(21-13)18(26)17(28-19)16(14-4-3-5-15(12-14)27-2)23-8-6-22(7-9-23)10-11-25/h3-5,12,16,25-26H,6-11H2,1-2H3/t16-/m1/s1. The predicted octanol–water partition coefficient (Wildman–Crippen LogP) is 1.51. The van der Waals surface area contributed by atoms with Crippen LogP contribution in [-0.4, -0.2) is 81.1 Å². The predicted molar refractivity (Wildman–Crippen MR) is 107 cm³/mol. The van der Waals surface area contributed by atoms with E-state index >= 15 is 0 Å². The van der Waals surface area contributed by atoms with Crippen LogP contribution in [0.5, 0.6) is 11.6 Å². The Bertz CT molecular complexity index is 948. The Morgan fingerprint density at radius 3 is 2.71 bits per heavy atom. The van der Waals surface area contributed by atoms with Gasteiger partial charge in [0.25, 0.3) is 0 Å². The Labute approximate surface area is 167 Å². The number of aryl methyl sites for hydroxylation is 1. The van der Waals surface area contributed by atoms with Crippen LogP contribution in [0, 0.1) is 6.92 Å². The highest BCUT2D eigenvalue weighted by molar-refractivity contribution is 7.17. The molecule has 1 aliphatic heterocycles. The Morgan fingerprint density at radius 1 is 1.25 bits per heavy atom. The van der Waals surface area contributed by atoms with E-state index in [0.717, 1.165) is 42.4 Å². The normalized spacial score (nSPS) is 17.2. The van der Waals surface area contributed by atoms with Crippen molar-refractivity contribution < 1.29 is 14.9 Å². The van der Waals surface area contributed by atoms with Crippen molar-refractivity contribution in [1.82, 2.24) is 24.4 Å². The van der Waals surface area contributed by atoms with E-state index in [4.69, 9.17) is 4.74 Å². The number of aliphatic hydroxyl groups excluding tert-OH is 1. The molecule has 0 aliphatic carbocycles. The van der Waals surface area contributed by atoms with E-state index in [1.54, 1.807) is 7.11 Å². The third-order valence-electron chi connectivity index (χ3n) is 5.15. The van der Waals surface area contributed by atoms with Crippen molar-refractivity contribution >= 4 is 16.3 Å². The minimum Gasteiger partial charge on any atom is -0.497 e. The lowest BCUT2D eigenvalue weighted by atomic mass is 10.0. The van der Waals surface area contributed by atoms with Gasteiger partial charge in [-0.3, -0.25) is 9.80 Å². The highest BCUT2D eigenvalue weighted by atomic mass is 32.1. The van der Waals surface area contributed by atoms with E-state index in [9.17, 15) is 10.2 Å². The SMILES string of the molecule is COc1cccc([C@H](c2sc3nc(C)nn3c2O)N2CCN(CCO)CC2)c1. The van der Waals surface area contributed by atoms with Gasteiger partial charge in [-0.05, 0) is 24.6 Å². The highest BCUT2D eigenvalue weighted by Crippen LogP contribution is 2.40. The first-order chi connectivity index (χ1) is 13.6. The van der Waals surface area contributed by atoms with Crippen molar-refractivity contribution in [3.63, 3.8) is 0 Å². The van der Waals surface area contributed by atoms with Gasteiger partial charge in [-0.15, -0.1) is 5.10 Å². The summed E-state index contributed by atoms with van der Waals surface area (Å²) in [5, 5.41) is 24.4. The molecule has 0 spiro atoms. The fraction of sp³-hybridized carbons (Fsp3) is 0.474. The Hall–Kier alpha value is -2.20. The lowest BCUT2D eigenvalue weighted by Crippen LogP contribution is -2.48. The molecule has 1 saturated heterocycles. The van der Waals surface area contributed by atoms with Crippen LogP contribution in [0.4, 0.5) is 0 Å². The zero-order valence-corrected chi connectivity index (χ0v) is 16.9. The number of thiazole rings is 1. The van der Waals surface area contributed by atoms with Crippen molar-refractivity contribution in [2.75, 3.05) is 46.4 Å². The number of fused-ring (bicyclic) bond motifs is 1. The third-order valence-corrected chi connectivity index (χ3v) is 6.22. The van der Waals surface area contributed by atoms with Crippen molar-refractivity contribution in [2.24, 2.45) is 0 Å². The van der Waals surface area contributed by atoms with Crippen LogP contribution >= 0.6 is 11.3 Å². The highest BCUT2D eigenvalue weighted by Gasteiger charge is 2.31. The van der Waals surface area contributed by atoms with Crippen LogP contribution in [0.15, 0.2) is 24.3 Å². The van der Waals surface area contributed by atoms with Gasteiger partial charge in [0.1, 0.15) is 11.6 Å². The molecule has 2 aromatic heterocycles. The molecule has 1 aliphatic rings. The maximum atomic E-state index is 10.9. The number of piperazine rings is 1. The van der Waals surface area contributed by atoms with E-state index < -0.39 is 0 Å². The van der Waals surface area contributed by atoms with Crippen LogP contribution in [0.2, 0.25) is 0 Å². The number of hydrogen-bond donors (Lipinski definition) is 2. The number of rotatable bonds is 6. The number of nitrogens with zero attached hydrogens (tertiary/aromatic N) is 5. The van der Waals surface area contributed by atoms with E-state index in [0.29, 0.717) is 17.3 Å². The van der Waals surface area contributed by atoms with Gasteiger partial charge in [0, 0.05) is 32.7 Å². The zero-order chi connectivity index (χ0) is 19.7. The van der Waals surface area contributed by atoms with Crippen LogP contribution in [-0.2, 0) is 0 Å². The number of aromatic nitrogens is 3. The minimum absolute atomic E-state index is 0.111. The maximum absolute atomic E-state index is 10.9. The number of methoxy groups -OCH3 is 1. The van der Waals surface area contributed by atoms with Crippen LogP contribution in [0.3, 0.4) is 0 Å². The van der Waals surface area contributed by atoms with Crippen LogP contribution < -0.4 is 4.74 Å². The molecule has 0 radical (unpaired) electrons. The summed E-state index contributed by atoms with van der Waals surface area (Å²) in [5.74, 6) is 1.58. The minimum atomic E-state index is -0.111. The largest absolute Gasteiger partial charge is 0.497 e. The quantitative estimate of drug-likeness (QED) is 0.645. The summed E-state index contributed by atoms with van der Waals surface area (Å²) in [6.45, 7) is 6.12. The summed E-state index contributed by atoms with van der Waals surface area (Å²) < 4.78 is 6.94. The summed E-state index contributed by atoms with van der Waals surface area (Å²) in [6.07, 6.45) is 0. The summed E-state index contributed by atoms with van der Waals surface area (Å²) in [5.41, 5.74) is 1.06. The molecule has 9 heteroatoms. The second-order valence-corrected chi connectivity index (χ2v) is 7.93. The zero-order valence-electron chi connectivity index (χ0n) is 16.1. The number of aliphatic hydroxyl groups is 1. The molecule has 1 fully saturated rings. The van der Waals surface area contributed by atoms with Crippen molar-refractivity contribution in [2.45, 2.75) is 13.0 Å². The molecular formula is C19H25N5O3S. The number of aromatic hydroxyl groups is 1. The smallest absolute Gasteiger partial charge is 0.230 e. The molecule has 0 unspecified atom stereocenters. The van der Waals surface area contributed by atoms with E-state index in [-0.39, 0.29) is 18.5 Å². The first kappa shape index (κ1) is 19.1. The molecule has 0 amide bonds. The molecule has 1 aromatic carbocycles. The molecule has 28 heavy (non-hydrogen) atoms. The Kier molecular flexibility index (Phi) is 5.49. The molecular weight excluding hydrogens is 378 g/mol. The number of β-amino-alcohol motifs (C(OH)–C–C–N with tert-alkyl or cyclic N) is 1. The van der Waals surface area contributed by atoms with Crippen molar-refractivity contribution in [3.05, 3.63) is 40.5 Å². The Balaban J connectivity index is 1.72. The molecule has 8 nitrogen and oxygen atoms in total. The molecule has 0 bridgehead atoms. The first-order valence-corrected chi connectivity index (χ1v) is 10.2. The van der Waals surface area contributed by atoms with Gasteiger partial charge in [-0.2, -0.15) is 4.52 Å². The number of hydrogen-bond acceptors (Lipinski definition) is 8. The summed E-state index contributed by atoms with van der Waals surface area (Å²) in [6, 6.07) is 7.87. The monoisotopic (exact) mass is 403 g/mol. The van der Waals surface area contributed by atoms with Gasteiger partial charge >= 0.3 is 0 Å². The number of benzene rings is 1. The van der Waals surface area contributed by atoms with Crippen LogP contribution in [0.25, 0.3) is 4.96 Å². The maximum Gasteiger partial charge on any atom is 0.230 e. The van der Waals surface area contributed by atoms with Crippen LogP contribution in [0.1, 0.15) is 22.3 Å². The average Bonchev–Trinajstić information content (AvgIpc) is 3.21. The third kappa shape index (κ3) is 3.58. The van der Waals surface area contributed by atoms with Gasteiger partial charge in [0.2, 0.25) is 10.8 Å². The van der Waals surface area contributed by atoms with E-state index in [1.165, 1.54) is 15.9 Å². The molecule has 3 aromatic rings. The topological polar surface area (TPSA) is 86.4 Å². The first-order valence-electron chi connectivity index (χ1n) is 9.37. The summed E-state index contributed by atoms with van der Waals surface area (Å²) in [4.78, 5) is 10.6. The second kappa shape index (κ2) is 8.04.